The third-order valence-electron chi connectivity index (χ3n) is 5.14. The van der Waals surface area contributed by atoms with Crippen LogP contribution in [-0.4, -0.2) is 62.9 Å². The number of carbonyl (C=O) groups excluding carboxylic acids is 1. The van der Waals surface area contributed by atoms with Crippen LogP contribution < -0.4 is 9.47 Å². The minimum atomic E-state index is -4.66. The number of nitrogens with zero attached hydrogens (tertiary/aromatic N) is 2. The Morgan fingerprint density at radius 3 is 2.23 bits per heavy atom. The first kappa shape index (κ1) is 21.4. The van der Waals surface area contributed by atoms with Gasteiger partial charge in [-0.1, -0.05) is 12.1 Å². The number of carbonyl (C=O) groups is 1. The molecule has 2 aromatic rings. The molecule has 2 heterocycles. The number of benzene rings is 2. The van der Waals surface area contributed by atoms with Crippen molar-refractivity contribution in [3.05, 3.63) is 53.6 Å². The maximum absolute atomic E-state index is 13.2. The molecule has 0 N–H and O–H groups in total. The minimum Gasteiger partial charge on any atom is -0.486 e. The van der Waals surface area contributed by atoms with Crippen LogP contribution in [0.2, 0.25) is 0 Å². The largest absolute Gasteiger partial charge is 0.486 e. The van der Waals surface area contributed by atoms with E-state index in [0.29, 0.717) is 24.7 Å². The van der Waals surface area contributed by atoms with Gasteiger partial charge in [0, 0.05) is 32.2 Å². The smallest absolute Gasteiger partial charge is 0.417 e. The van der Waals surface area contributed by atoms with Crippen LogP contribution in [0.5, 0.6) is 11.5 Å². The van der Waals surface area contributed by atoms with E-state index in [4.69, 9.17) is 9.47 Å². The average molecular weight is 456 g/mol. The predicted molar refractivity (Wildman–Crippen MR) is 104 cm³/mol. The van der Waals surface area contributed by atoms with Crippen LogP contribution in [-0.2, 0) is 16.2 Å². The van der Waals surface area contributed by atoms with E-state index in [1.165, 1.54) is 39.5 Å². The van der Waals surface area contributed by atoms with E-state index in [1.54, 1.807) is 0 Å². The van der Waals surface area contributed by atoms with Crippen molar-refractivity contribution in [2.75, 3.05) is 39.4 Å². The third kappa shape index (κ3) is 4.19. The number of amides is 1. The van der Waals surface area contributed by atoms with Gasteiger partial charge in [-0.25, -0.2) is 8.42 Å². The maximum atomic E-state index is 13.2. The first-order chi connectivity index (χ1) is 14.7. The zero-order valence-electron chi connectivity index (χ0n) is 16.3. The van der Waals surface area contributed by atoms with Gasteiger partial charge in [-0.2, -0.15) is 17.5 Å². The van der Waals surface area contributed by atoms with Crippen LogP contribution in [0.3, 0.4) is 0 Å². The van der Waals surface area contributed by atoms with Crippen LogP contribution in [0.4, 0.5) is 13.2 Å². The van der Waals surface area contributed by atoms with Gasteiger partial charge in [0.05, 0.1) is 16.0 Å². The summed E-state index contributed by atoms with van der Waals surface area (Å²) in [6, 6.07) is 8.90. The van der Waals surface area contributed by atoms with Crippen molar-refractivity contribution in [3.63, 3.8) is 0 Å². The van der Waals surface area contributed by atoms with Crippen LogP contribution in [0, 0.1) is 0 Å². The summed E-state index contributed by atoms with van der Waals surface area (Å²) in [5.41, 5.74) is -1.45. The van der Waals surface area contributed by atoms with Crippen molar-refractivity contribution in [3.8, 4) is 11.5 Å². The number of halogens is 3. The van der Waals surface area contributed by atoms with E-state index >= 15 is 0 Å². The van der Waals surface area contributed by atoms with Crippen molar-refractivity contribution in [1.82, 2.24) is 9.21 Å². The van der Waals surface area contributed by atoms with Gasteiger partial charge < -0.3 is 14.4 Å². The predicted octanol–water partition coefficient (Wildman–Crippen LogP) is 2.62. The first-order valence-electron chi connectivity index (χ1n) is 9.53. The van der Waals surface area contributed by atoms with Crippen LogP contribution in [0.15, 0.2) is 47.4 Å². The van der Waals surface area contributed by atoms with Gasteiger partial charge >= 0.3 is 6.18 Å². The van der Waals surface area contributed by atoms with Crippen molar-refractivity contribution in [1.29, 1.82) is 0 Å². The number of ether oxygens (including phenoxy) is 2. The van der Waals surface area contributed by atoms with Crippen molar-refractivity contribution in [2.24, 2.45) is 0 Å². The third-order valence-corrected chi connectivity index (χ3v) is 7.03. The molecule has 1 amide bonds. The van der Waals surface area contributed by atoms with Crippen LogP contribution in [0.1, 0.15) is 15.9 Å². The summed E-state index contributed by atoms with van der Waals surface area (Å²) < 4.78 is 77.7. The van der Waals surface area contributed by atoms with Gasteiger partial charge in [-0.3, -0.25) is 4.79 Å². The molecule has 0 unspecified atom stereocenters. The molecule has 2 aliphatic heterocycles. The topological polar surface area (TPSA) is 76.2 Å². The second kappa shape index (κ2) is 8.04. The van der Waals surface area contributed by atoms with E-state index in [1.807, 2.05) is 0 Å². The van der Waals surface area contributed by atoms with Crippen molar-refractivity contribution >= 4 is 15.9 Å². The Balaban J connectivity index is 1.48. The highest BCUT2D eigenvalue weighted by Crippen LogP contribution is 2.34. The van der Waals surface area contributed by atoms with Crippen molar-refractivity contribution in [2.45, 2.75) is 11.1 Å². The molecular weight excluding hydrogens is 437 g/mol. The number of hydrogen-bond donors (Lipinski definition) is 0. The van der Waals surface area contributed by atoms with E-state index in [2.05, 4.69) is 0 Å². The standard InChI is InChI=1S/C20H19F3N2O5S/c21-20(22,23)16-4-2-1-3-15(16)19(26)24-7-9-25(10-8-24)31(27,28)14-5-6-17-18(13-14)30-12-11-29-17/h1-6,13H,7-12H2. The lowest BCUT2D eigenvalue weighted by Gasteiger charge is -2.34. The van der Waals surface area contributed by atoms with Crippen LogP contribution >= 0.6 is 0 Å². The molecule has 1 fully saturated rings. The normalized spacial score (nSPS) is 17.5. The molecule has 7 nitrogen and oxygen atoms in total. The molecule has 166 valence electrons. The molecule has 31 heavy (non-hydrogen) atoms. The molecule has 0 bridgehead atoms. The molecule has 4 rings (SSSR count). The first-order valence-corrected chi connectivity index (χ1v) is 11.0. The Morgan fingerprint density at radius 2 is 1.55 bits per heavy atom. The molecule has 0 atom stereocenters. The molecule has 0 spiro atoms. The highest BCUT2D eigenvalue weighted by molar-refractivity contribution is 7.89. The number of piperazine rings is 1. The van der Waals surface area contributed by atoms with E-state index < -0.39 is 33.2 Å². The fraction of sp³-hybridized carbons (Fsp3) is 0.350. The molecule has 11 heteroatoms. The second-order valence-electron chi connectivity index (χ2n) is 7.05. The Kier molecular flexibility index (Phi) is 5.56. The number of sulfonamides is 1. The Bertz CT molecular complexity index is 1100. The Hall–Kier alpha value is -2.79. The molecule has 2 aromatic carbocycles. The van der Waals surface area contributed by atoms with Crippen LogP contribution in [0.25, 0.3) is 0 Å². The summed E-state index contributed by atoms with van der Waals surface area (Å²) >= 11 is 0. The fourth-order valence-corrected chi connectivity index (χ4v) is 4.99. The zero-order chi connectivity index (χ0) is 22.2. The quantitative estimate of drug-likeness (QED) is 0.710. The summed E-state index contributed by atoms with van der Waals surface area (Å²) in [5.74, 6) is 0.0261. The molecule has 0 aromatic heterocycles. The maximum Gasteiger partial charge on any atom is 0.417 e. The van der Waals surface area contributed by atoms with Gasteiger partial charge in [0.2, 0.25) is 10.0 Å². The lowest BCUT2D eigenvalue weighted by molar-refractivity contribution is -0.138. The fourth-order valence-electron chi connectivity index (χ4n) is 3.55. The highest BCUT2D eigenvalue weighted by atomic mass is 32.2. The van der Waals surface area contributed by atoms with Gasteiger partial charge in [-0.05, 0) is 24.3 Å². The molecule has 2 aliphatic rings. The van der Waals surface area contributed by atoms with Gasteiger partial charge in [-0.15, -0.1) is 0 Å². The summed E-state index contributed by atoms with van der Waals surface area (Å²) in [7, 11) is -3.86. The number of rotatable bonds is 3. The number of fused-ring (bicyclic) bond motifs is 1. The van der Waals surface area contributed by atoms with Gasteiger partial charge in [0.25, 0.3) is 5.91 Å². The Morgan fingerprint density at radius 1 is 0.903 bits per heavy atom. The number of alkyl halides is 3. The lowest BCUT2D eigenvalue weighted by Crippen LogP contribution is -2.50. The molecule has 0 radical (unpaired) electrons. The second-order valence-corrected chi connectivity index (χ2v) is 8.98. The Labute approximate surface area is 177 Å². The monoisotopic (exact) mass is 456 g/mol. The molecule has 0 saturated carbocycles. The zero-order valence-corrected chi connectivity index (χ0v) is 17.1. The van der Waals surface area contributed by atoms with Gasteiger partial charge in [0.15, 0.2) is 11.5 Å². The summed E-state index contributed by atoms with van der Waals surface area (Å²) in [6.45, 7) is 0.597. The summed E-state index contributed by atoms with van der Waals surface area (Å²) in [5, 5.41) is 0. The van der Waals surface area contributed by atoms with Gasteiger partial charge in [0.1, 0.15) is 13.2 Å². The lowest BCUT2D eigenvalue weighted by atomic mass is 10.1. The molecule has 0 aliphatic carbocycles. The van der Waals surface area contributed by atoms with E-state index in [-0.39, 0.29) is 31.1 Å². The molecule has 1 saturated heterocycles. The summed E-state index contributed by atoms with van der Waals surface area (Å²) in [6.07, 6.45) is -4.66. The summed E-state index contributed by atoms with van der Waals surface area (Å²) in [4.78, 5) is 13.9. The SMILES string of the molecule is O=C(c1ccccc1C(F)(F)F)N1CCN(S(=O)(=O)c2ccc3c(c2)OCCO3)CC1. The average Bonchev–Trinajstić information content (AvgIpc) is 2.77. The minimum absolute atomic E-state index is 0.0190. The van der Waals surface area contributed by atoms with E-state index in [0.717, 1.165) is 12.1 Å². The van der Waals surface area contributed by atoms with Crippen molar-refractivity contribution < 1.29 is 35.9 Å². The highest BCUT2D eigenvalue weighted by Gasteiger charge is 2.37. The van der Waals surface area contributed by atoms with E-state index in [9.17, 15) is 26.4 Å². The molecular formula is C20H19F3N2O5S. The number of hydrogen-bond acceptors (Lipinski definition) is 5.